The van der Waals surface area contributed by atoms with Gasteiger partial charge in [0.2, 0.25) is 5.95 Å². The number of aromatic nitrogens is 3. The van der Waals surface area contributed by atoms with E-state index >= 15 is 0 Å². The summed E-state index contributed by atoms with van der Waals surface area (Å²) in [6.07, 6.45) is 2.08. The summed E-state index contributed by atoms with van der Waals surface area (Å²) in [5.41, 5.74) is 1.55. The first-order valence-electron chi connectivity index (χ1n) is 8.60. The Morgan fingerprint density at radius 3 is 2.96 bits per heavy atom. The summed E-state index contributed by atoms with van der Waals surface area (Å²) in [6.45, 7) is 2.46. The summed E-state index contributed by atoms with van der Waals surface area (Å²) >= 11 is 9.78. The molecule has 8 heteroatoms. The van der Waals surface area contributed by atoms with Crippen LogP contribution in [0.25, 0.3) is 0 Å². The molecule has 0 saturated heterocycles. The van der Waals surface area contributed by atoms with Crippen molar-refractivity contribution in [2.24, 2.45) is 0 Å². The van der Waals surface area contributed by atoms with Gasteiger partial charge in [0.25, 0.3) is 0 Å². The van der Waals surface area contributed by atoms with Crippen LogP contribution in [0.3, 0.4) is 0 Å². The van der Waals surface area contributed by atoms with E-state index in [1.807, 2.05) is 25.1 Å². The third-order valence-electron chi connectivity index (χ3n) is 4.61. The van der Waals surface area contributed by atoms with Crippen molar-refractivity contribution in [3.63, 3.8) is 0 Å². The molecule has 2 atom stereocenters. The number of anilines is 1. The fourth-order valence-corrected chi connectivity index (χ4v) is 4.00. The highest BCUT2D eigenvalue weighted by Crippen LogP contribution is 2.40. The van der Waals surface area contributed by atoms with Crippen molar-refractivity contribution in [2.75, 3.05) is 11.9 Å². The highest BCUT2D eigenvalue weighted by atomic mass is 79.9. The smallest absolute Gasteiger partial charge is 0.222 e. The van der Waals surface area contributed by atoms with Crippen molar-refractivity contribution in [2.45, 2.75) is 25.4 Å². The second kappa shape index (κ2) is 7.48. The van der Waals surface area contributed by atoms with Gasteiger partial charge in [-0.1, -0.05) is 33.6 Å². The molecule has 0 aliphatic carbocycles. The molecule has 5 nitrogen and oxygen atoms in total. The fraction of sp³-hybridized carbons (Fsp3) is 0.263. The average Bonchev–Trinajstić information content (AvgIpc) is 3.13. The number of ether oxygens (including phenoxy) is 1. The molecule has 0 bridgehead atoms. The normalized spacial score (nSPS) is 18.7. The molecular weight excluding hydrogens is 435 g/mol. The van der Waals surface area contributed by atoms with Crippen LogP contribution in [0, 0.1) is 5.82 Å². The van der Waals surface area contributed by atoms with Gasteiger partial charge >= 0.3 is 0 Å². The highest BCUT2D eigenvalue weighted by Gasteiger charge is 2.31. The molecule has 4 rings (SSSR count). The molecule has 140 valence electrons. The van der Waals surface area contributed by atoms with Crippen LogP contribution < -0.4 is 10.1 Å². The Balaban J connectivity index is 1.71. The third kappa shape index (κ3) is 3.53. The van der Waals surface area contributed by atoms with Crippen LogP contribution in [-0.4, -0.2) is 21.4 Å². The maximum atomic E-state index is 14.5. The Kier molecular flexibility index (Phi) is 5.06. The summed E-state index contributed by atoms with van der Waals surface area (Å²) in [7, 11) is 0. The molecule has 1 aliphatic heterocycles. The van der Waals surface area contributed by atoms with E-state index in [4.69, 9.17) is 16.3 Å². The lowest BCUT2D eigenvalue weighted by Crippen LogP contribution is -2.28. The molecule has 2 heterocycles. The summed E-state index contributed by atoms with van der Waals surface area (Å²) in [5, 5.41) is 8.20. The van der Waals surface area contributed by atoms with Crippen molar-refractivity contribution >= 4 is 33.5 Å². The van der Waals surface area contributed by atoms with Crippen LogP contribution in [0.4, 0.5) is 10.3 Å². The predicted molar refractivity (Wildman–Crippen MR) is 106 cm³/mol. The lowest BCUT2D eigenvalue weighted by Gasteiger charge is -2.32. The number of hydrogen-bond acceptors (Lipinski definition) is 4. The van der Waals surface area contributed by atoms with Crippen molar-refractivity contribution in [3.05, 3.63) is 69.2 Å². The van der Waals surface area contributed by atoms with E-state index in [0.29, 0.717) is 35.3 Å². The van der Waals surface area contributed by atoms with E-state index in [1.165, 1.54) is 12.4 Å². The monoisotopic (exact) mass is 450 g/mol. The maximum absolute atomic E-state index is 14.5. The first kappa shape index (κ1) is 18.3. The van der Waals surface area contributed by atoms with Crippen LogP contribution in [0.15, 0.2) is 47.2 Å². The Morgan fingerprint density at radius 1 is 1.33 bits per heavy atom. The quantitative estimate of drug-likeness (QED) is 0.579. The highest BCUT2D eigenvalue weighted by molar-refractivity contribution is 9.10. The third-order valence-corrected chi connectivity index (χ3v) is 5.39. The minimum Gasteiger partial charge on any atom is -0.492 e. The standard InChI is InChI=1S/C19H17BrClFN4O/c1-2-27-18-6-3-11(7-14(18)21)16-9-17(26-19(25-16)23-10-24-26)13-8-12(20)4-5-15(13)22/h3-8,10,16-17H,2,9H2,1H3,(H,23,24,25)/t16-,17-/m0/s1. The number of halogens is 3. The second-order valence-corrected chi connectivity index (χ2v) is 7.59. The molecule has 1 aliphatic rings. The molecule has 27 heavy (non-hydrogen) atoms. The van der Waals surface area contributed by atoms with Crippen LogP contribution >= 0.6 is 27.5 Å². The van der Waals surface area contributed by atoms with Crippen LogP contribution in [-0.2, 0) is 0 Å². The van der Waals surface area contributed by atoms with Crippen molar-refractivity contribution < 1.29 is 9.13 Å². The van der Waals surface area contributed by atoms with E-state index in [2.05, 4.69) is 31.3 Å². The number of nitrogens with zero attached hydrogens (tertiary/aromatic N) is 3. The van der Waals surface area contributed by atoms with Gasteiger partial charge in [-0.15, -0.1) is 0 Å². The zero-order chi connectivity index (χ0) is 19.0. The molecule has 1 N–H and O–H groups in total. The summed E-state index contributed by atoms with van der Waals surface area (Å²) in [5.74, 6) is 0.979. The van der Waals surface area contributed by atoms with E-state index in [9.17, 15) is 4.39 Å². The minimum absolute atomic E-state index is 0.0849. The molecule has 0 spiro atoms. The zero-order valence-corrected chi connectivity index (χ0v) is 16.8. The van der Waals surface area contributed by atoms with Gasteiger partial charge in [0.05, 0.1) is 23.7 Å². The van der Waals surface area contributed by atoms with Crippen LogP contribution in [0.5, 0.6) is 5.75 Å². The van der Waals surface area contributed by atoms with Gasteiger partial charge in [-0.2, -0.15) is 10.1 Å². The van der Waals surface area contributed by atoms with Gasteiger partial charge in [0.1, 0.15) is 17.9 Å². The first-order valence-corrected chi connectivity index (χ1v) is 9.77. The average molecular weight is 452 g/mol. The number of rotatable bonds is 4. The van der Waals surface area contributed by atoms with E-state index in [0.717, 1.165) is 10.0 Å². The predicted octanol–water partition coefficient (Wildman–Crippen LogP) is 5.38. The molecule has 1 aromatic heterocycles. The Hall–Kier alpha value is -2.12. The summed E-state index contributed by atoms with van der Waals surface area (Å²) in [4.78, 5) is 4.28. The number of nitrogens with one attached hydrogen (secondary N) is 1. The first-order chi connectivity index (χ1) is 13.1. The zero-order valence-electron chi connectivity index (χ0n) is 14.5. The Bertz CT molecular complexity index is 980. The van der Waals surface area contributed by atoms with E-state index in [1.54, 1.807) is 16.8 Å². The largest absolute Gasteiger partial charge is 0.492 e. The van der Waals surface area contributed by atoms with E-state index in [-0.39, 0.29) is 17.9 Å². The van der Waals surface area contributed by atoms with E-state index < -0.39 is 0 Å². The molecule has 2 aromatic carbocycles. The summed E-state index contributed by atoms with van der Waals surface area (Å²) in [6, 6.07) is 10.3. The Morgan fingerprint density at radius 2 is 2.19 bits per heavy atom. The molecule has 0 saturated carbocycles. The number of hydrogen-bond donors (Lipinski definition) is 1. The van der Waals surface area contributed by atoms with Gasteiger partial charge in [0, 0.05) is 10.0 Å². The van der Waals surface area contributed by atoms with Crippen molar-refractivity contribution in [1.82, 2.24) is 14.8 Å². The SMILES string of the molecule is CCOc1ccc([C@@H]2C[C@@H](c3cc(Br)ccc3F)n3ncnc3N2)cc1Cl. The van der Waals surface area contributed by atoms with Gasteiger partial charge in [0.15, 0.2) is 0 Å². The fourth-order valence-electron chi connectivity index (χ4n) is 3.37. The summed E-state index contributed by atoms with van der Waals surface area (Å²) < 4.78 is 22.6. The van der Waals surface area contributed by atoms with Gasteiger partial charge < -0.3 is 10.1 Å². The Labute approximate surface area is 169 Å². The number of benzene rings is 2. The molecular formula is C19H17BrClFN4O. The topological polar surface area (TPSA) is 52.0 Å². The number of fused-ring (bicyclic) bond motifs is 1. The van der Waals surface area contributed by atoms with Gasteiger partial charge in [-0.25, -0.2) is 9.07 Å². The molecule has 0 radical (unpaired) electrons. The van der Waals surface area contributed by atoms with Crippen LogP contribution in [0.2, 0.25) is 5.02 Å². The van der Waals surface area contributed by atoms with Gasteiger partial charge in [-0.3, -0.25) is 0 Å². The lowest BCUT2D eigenvalue weighted by molar-refractivity contribution is 0.340. The lowest BCUT2D eigenvalue weighted by atomic mass is 9.93. The molecule has 3 aromatic rings. The molecule has 0 fully saturated rings. The van der Waals surface area contributed by atoms with Crippen LogP contribution in [0.1, 0.15) is 36.6 Å². The maximum Gasteiger partial charge on any atom is 0.222 e. The second-order valence-electron chi connectivity index (χ2n) is 6.27. The molecule has 0 amide bonds. The minimum atomic E-state index is -0.281. The van der Waals surface area contributed by atoms with Crippen molar-refractivity contribution in [1.29, 1.82) is 0 Å². The molecule has 0 unspecified atom stereocenters. The van der Waals surface area contributed by atoms with Gasteiger partial charge in [-0.05, 0) is 49.2 Å². The van der Waals surface area contributed by atoms with Crippen molar-refractivity contribution in [3.8, 4) is 5.75 Å².